The third kappa shape index (κ3) is 3.80. The third-order valence-electron chi connectivity index (χ3n) is 3.37. The lowest BCUT2D eigenvalue weighted by Gasteiger charge is -2.32. The molecule has 1 heterocycles. The Kier molecular flexibility index (Phi) is 4.54. The second kappa shape index (κ2) is 6.15. The van der Waals surface area contributed by atoms with Crippen molar-refractivity contribution in [2.75, 3.05) is 33.2 Å². The number of likely N-dealkylation sites (N-methyl/N-ethyl adjacent to an activating group) is 1. The first-order valence-electron chi connectivity index (χ1n) is 6.37. The molecule has 1 aliphatic rings. The molecule has 0 radical (unpaired) electrons. The monoisotopic (exact) mass is 233 g/mol. The van der Waals surface area contributed by atoms with E-state index in [2.05, 4.69) is 48.2 Å². The largest absolute Gasteiger partial charge is 0.475 e. The van der Waals surface area contributed by atoms with Gasteiger partial charge in [0.15, 0.2) is 0 Å². The molecule has 0 atom stereocenters. The zero-order valence-electron chi connectivity index (χ0n) is 10.7. The quantitative estimate of drug-likeness (QED) is 0.756. The molecule has 3 heteroatoms. The van der Waals surface area contributed by atoms with Crippen molar-refractivity contribution in [2.45, 2.75) is 13.1 Å². The number of hydrogen-bond donors (Lipinski definition) is 1. The summed E-state index contributed by atoms with van der Waals surface area (Å²) >= 11 is 0. The topological polar surface area (TPSA) is 23.1 Å². The van der Waals surface area contributed by atoms with Crippen molar-refractivity contribution in [3.8, 4) is 0 Å². The second-order valence-electron chi connectivity index (χ2n) is 4.89. The van der Waals surface area contributed by atoms with E-state index in [4.69, 9.17) is 0 Å². The predicted molar refractivity (Wildman–Crippen MR) is 70.2 cm³/mol. The highest BCUT2D eigenvalue weighted by Gasteiger charge is 2.13. The zero-order chi connectivity index (χ0) is 12.1. The van der Waals surface area contributed by atoms with Crippen LogP contribution in [-0.4, -0.2) is 43.0 Å². The summed E-state index contributed by atoms with van der Waals surface area (Å²) in [7, 11) is 5.99. The van der Waals surface area contributed by atoms with Gasteiger partial charge in [-0.15, -0.1) is 0 Å². The molecular formula is C14H23N3. The number of quaternary nitrogens is 1. The van der Waals surface area contributed by atoms with Crippen LogP contribution in [0.3, 0.4) is 0 Å². The fourth-order valence-corrected chi connectivity index (χ4v) is 2.29. The van der Waals surface area contributed by atoms with E-state index in [-0.39, 0.29) is 0 Å². The van der Waals surface area contributed by atoms with Gasteiger partial charge < -0.3 is 10.2 Å². The summed E-state index contributed by atoms with van der Waals surface area (Å²) in [4.78, 5) is 4.93. The lowest BCUT2D eigenvalue weighted by Crippen LogP contribution is -2.74. The molecule has 2 N–H and O–H groups in total. The first-order chi connectivity index (χ1) is 8.28. The van der Waals surface area contributed by atoms with Gasteiger partial charge in [-0.2, -0.15) is 7.05 Å². The zero-order valence-corrected chi connectivity index (χ0v) is 10.7. The highest BCUT2D eigenvalue weighted by molar-refractivity contribution is 5.22. The van der Waals surface area contributed by atoms with Crippen molar-refractivity contribution in [3.63, 3.8) is 0 Å². The Labute approximate surface area is 104 Å². The Morgan fingerprint density at radius 1 is 1.18 bits per heavy atom. The van der Waals surface area contributed by atoms with Crippen LogP contribution >= 0.6 is 0 Å². The van der Waals surface area contributed by atoms with Gasteiger partial charge in [-0.3, -0.25) is 4.90 Å². The average Bonchev–Trinajstić information content (AvgIpc) is 2.33. The fraction of sp³-hybridized carbons (Fsp3) is 0.500. The standard InChI is InChI=1S/C14H23N3/c1-15-11-13-4-3-5-14(10-13)12-17-8-6-16(2)7-9-17/h3-5,10H,1,6-9,11-12,15H2,2H3. The van der Waals surface area contributed by atoms with Crippen molar-refractivity contribution in [1.29, 1.82) is 0 Å². The van der Waals surface area contributed by atoms with E-state index in [0.717, 1.165) is 13.1 Å². The fourth-order valence-electron chi connectivity index (χ4n) is 2.29. The van der Waals surface area contributed by atoms with Crippen LogP contribution in [-0.2, 0) is 13.1 Å². The van der Waals surface area contributed by atoms with Crippen LogP contribution in [0.5, 0.6) is 0 Å². The van der Waals surface area contributed by atoms with E-state index in [1.54, 1.807) is 0 Å². The van der Waals surface area contributed by atoms with Gasteiger partial charge in [0.25, 0.3) is 0 Å². The van der Waals surface area contributed by atoms with E-state index in [0.29, 0.717) is 0 Å². The highest BCUT2D eigenvalue weighted by atomic mass is 15.2. The molecular weight excluding hydrogens is 210 g/mol. The van der Waals surface area contributed by atoms with E-state index >= 15 is 0 Å². The number of rotatable bonds is 4. The van der Waals surface area contributed by atoms with E-state index in [9.17, 15) is 0 Å². The average molecular weight is 233 g/mol. The molecule has 17 heavy (non-hydrogen) atoms. The molecule has 1 fully saturated rings. The van der Waals surface area contributed by atoms with Crippen LogP contribution in [0, 0.1) is 7.05 Å². The van der Waals surface area contributed by atoms with Gasteiger partial charge >= 0.3 is 0 Å². The predicted octanol–water partition coefficient (Wildman–Crippen LogP) is 0.289. The molecule has 3 nitrogen and oxygen atoms in total. The van der Waals surface area contributed by atoms with E-state index < -0.39 is 0 Å². The molecule has 0 spiro atoms. The van der Waals surface area contributed by atoms with Crippen LogP contribution in [0.1, 0.15) is 11.1 Å². The van der Waals surface area contributed by atoms with Crippen molar-refractivity contribution in [3.05, 3.63) is 42.4 Å². The maximum Gasteiger partial charge on any atom is 0.0773 e. The maximum absolute atomic E-state index is 3.79. The molecule has 2 rings (SSSR count). The molecule has 0 amide bonds. The maximum atomic E-state index is 3.79. The summed E-state index contributed by atoms with van der Waals surface area (Å²) in [6.07, 6.45) is 0. The molecule has 1 aliphatic heterocycles. The summed E-state index contributed by atoms with van der Waals surface area (Å²) in [5.41, 5.74) is 2.79. The van der Waals surface area contributed by atoms with E-state index in [1.807, 2.05) is 5.32 Å². The minimum Gasteiger partial charge on any atom is -0.475 e. The minimum atomic E-state index is 0.969. The lowest BCUT2D eigenvalue weighted by atomic mass is 10.1. The van der Waals surface area contributed by atoms with Crippen molar-refractivity contribution in [2.24, 2.45) is 0 Å². The van der Waals surface area contributed by atoms with Gasteiger partial charge in [-0.1, -0.05) is 18.2 Å². The van der Waals surface area contributed by atoms with Crippen molar-refractivity contribution >= 4 is 0 Å². The Hall–Kier alpha value is -0.900. The number of benzene rings is 1. The minimum absolute atomic E-state index is 0.969. The molecule has 1 aromatic carbocycles. The second-order valence-corrected chi connectivity index (χ2v) is 4.89. The Morgan fingerprint density at radius 3 is 2.59 bits per heavy atom. The van der Waals surface area contributed by atoms with Crippen LogP contribution in [0.25, 0.3) is 0 Å². The summed E-state index contributed by atoms with van der Waals surface area (Å²) in [5.74, 6) is 0. The normalized spacial score (nSPS) is 18.5. The van der Waals surface area contributed by atoms with Gasteiger partial charge in [0.1, 0.15) is 0 Å². The van der Waals surface area contributed by atoms with Crippen LogP contribution in [0.4, 0.5) is 0 Å². The summed E-state index contributed by atoms with van der Waals surface area (Å²) in [6, 6.07) is 8.87. The molecule has 0 aliphatic carbocycles. The summed E-state index contributed by atoms with van der Waals surface area (Å²) in [5, 5.41) is 1.97. The van der Waals surface area contributed by atoms with Crippen molar-refractivity contribution < 1.29 is 5.32 Å². The number of nitrogens with two attached hydrogens (primary N) is 1. The molecule has 1 saturated heterocycles. The molecule has 0 saturated carbocycles. The SMILES string of the molecule is [CH2-][NH2+]Cc1cccc(CN2CCN(C)CC2)c1. The number of hydrogen-bond acceptors (Lipinski definition) is 2. The van der Waals surface area contributed by atoms with Crippen LogP contribution in [0.2, 0.25) is 0 Å². The Bertz CT molecular complexity index is 343. The molecule has 0 unspecified atom stereocenters. The van der Waals surface area contributed by atoms with E-state index in [1.165, 1.54) is 37.3 Å². The first-order valence-corrected chi connectivity index (χ1v) is 6.37. The van der Waals surface area contributed by atoms with Gasteiger partial charge in [0.05, 0.1) is 6.54 Å². The number of nitrogens with zero attached hydrogens (tertiary/aromatic N) is 2. The third-order valence-corrected chi connectivity index (χ3v) is 3.37. The molecule has 94 valence electrons. The first kappa shape index (κ1) is 12.6. The Balaban J connectivity index is 1.91. The van der Waals surface area contributed by atoms with Crippen LogP contribution < -0.4 is 5.32 Å². The summed E-state index contributed by atoms with van der Waals surface area (Å²) < 4.78 is 0. The lowest BCUT2D eigenvalue weighted by molar-refractivity contribution is -0.612. The number of piperazine rings is 1. The summed E-state index contributed by atoms with van der Waals surface area (Å²) in [6.45, 7) is 6.79. The Morgan fingerprint density at radius 2 is 1.88 bits per heavy atom. The smallest absolute Gasteiger partial charge is 0.0773 e. The molecule has 0 bridgehead atoms. The highest BCUT2D eigenvalue weighted by Crippen LogP contribution is 2.09. The van der Waals surface area contributed by atoms with Gasteiger partial charge in [0.2, 0.25) is 0 Å². The molecule has 1 aromatic rings. The van der Waals surface area contributed by atoms with Crippen molar-refractivity contribution in [1.82, 2.24) is 9.80 Å². The van der Waals surface area contributed by atoms with Gasteiger partial charge in [-0.05, 0) is 18.7 Å². The van der Waals surface area contributed by atoms with Gasteiger partial charge in [0, 0.05) is 38.3 Å². The van der Waals surface area contributed by atoms with Gasteiger partial charge in [-0.25, -0.2) is 0 Å². The molecule has 0 aromatic heterocycles. The van der Waals surface area contributed by atoms with Crippen LogP contribution in [0.15, 0.2) is 24.3 Å².